The maximum absolute atomic E-state index is 4.55. The molecule has 96 valence electrons. The van der Waals surface area contributed by atoms with Crippen LogP contribution in [0.4, 0.5) is 0 Å². The van der Waals surface area contributed by atoms with E-state index < -0.39 is 0 Å². The van der Waals surface area contributed by atoms with Crippen molar-refractivity contribution in [3.8, 4) is 0 Å². The van der Waals surface area contributed by atoms with Gasteiger partial charge in [0.25, 0.3) is 0 Å². The molecule has 1 saturated carbocycles. The van der Waals surface area contributed by atoms with Gasteiger partial charge in [-0.05, 0) is 55.4 Å². The summed E-state index contributed by atoms with van der Waals surface area (Å²) in [5, 5.41) is 1.10. The van der Waals surface area contributed by atoms with E-state index in [2.05, 4.69) is 51.5 Å². The van der Waals surface area contributed by atoms with Gasteiger partial charge in [-0.15, -0.1) is 0 Å². The third kappa shape index (κ3) is 1.89. The molecule has 0 unspecified atom stereocenters. The number of aromatic nitrogens is 2. The van der Waals surface area contributed by atoms with Gasteiger partial charge in [0.05, 0.1) is 17.4 Å². The summed E-state index contributed by atoms with van der Waals surface area (Å²) in [5.74, 6) is 0. The smallest absolute Gasteiger partial charge is 0.0958 e. The first-order valence-corrected chi connectivity index (χ1v) is 7.74. The molecule has 0 bridgehead atoms. The van der Waals surface area contributed by atoms with Gasteiger partial charge in [-0.2, -0.15) is 0 Å². The average Bonchev–Trinajstić information content (AvgIpc) is 2.67. The maximum atomic E-state index is 4.55. The molecular formula is C15H19BrN2. The molecule has 1 heterocycles. The van der Waals surface area contributed by atoms with Crippen molar-refractivity contribution in [1.29, 1.82) is 0 Å². The lowest BCUT2D eigenvalue weighted by Crippen LogP contribution is -2.35. The molecule has 0 aliphatic heterocycles. The van der Waals surface area contributed by atoms with Gasteiger partial charge < -0.3 is 4.57 Å². The highest BCUT2D eigenvalue weighted by Crippen LogP contribution is 2.44. The van der Waals surface area contributed by atoms with E-state index in [1.165, 1.54) is 35.9 Å². The zero-order valence-electron chi connectivity index (χ0n) is 11.0. The minimum Gasteiger partial charge on any atom is -0.330 e. The summed E-state index contributed by atoms with van der Waals surface area (Å²) in [7, 11) is 0. The Morgan fingerprint density at radius 2 is 2.00 bits per heavy atom. The molecule has 2 nitrogen and oxygen atoms in total. The van der Waals surface area contributed by atoms with Gasteiger partial charge >= 0.3 is 0 Å². The van der Waals surface area contributed by atoms with Crippen LogP contribution in [0, 0.1) is 19.3 Å². The van der Waals surface area contributed by atoms with E-state index in [0.717, 1.165) is 17.4 Å². The van der Waals surface area contributed by atoms with E-state index in [-0.39, 0.29) is 0 Å². The second kappa shape index (κ2) is 4.37. The molecule has 1 fully saturated rings. The second-order valence-electron chi connectivity index (χ2n) is 5.78. The number of rotatable bonds is 3. The molecule has 1 aliphatic carbocycles. The Kier molecular flexibility index (Phi) is 2.97. The van der Waals surface area contributed by atoms with E-state index in [1.807, 2.05) is 6.33 Å². The molecule has 0 N–H and O–H groups in total. The van der Waals surface area contributed by atoms with Crippen LogP contribution in [-0.2, 0) is 6.54 Å². The zero-order valence-corrected chi connectivity index (χ0v) is 12.6. The lowest BCUT2D eigenvalue weighted by molar-refractivity contribution is 0.142. The number of benzene rings is 1. The van der Waals surface area contributed by atoms with Crippen molar-refractivity contribution in [2.75, 3.05) is 5.33 Å². The lowest BCUT2D eigenvalue weighted by Gasteiger charge is -2.40. The first-order valence-electron chi connectivity index (χ1n) is 6.62. The Hall–Kier alpha value is -0.830. The van der Waals surface area contributed by atoms with Crippen LogP contribution in [0.25, 0.3) is 11.0 Å². The van der Waals surface area contributed by atoms with Gasteiger partial charge in [0.15, 0.2) is 0 Å². The largest absolute Gasteiger partial charge is 0.330 e. The predicted molar refractivity (Wildman–Crippen MR) is 79.3 cm³/mol. The number of imidazole rings is 1. The number of hydrogen-bond donors (Lipinski definition) is 0. The van der Waals surface area contributed by atoms with Gasteiger partial charge in [0.2, 0.25) is 0 Å². The van der Waals surface area contributed by atoms with Crippen LogP contribution in [0.3, 0.4) is 0 Å². The molecule has 1 aliphatic rings. The van der Waals surface area contributed by atoms with Gasteiger partial charge in [-0.25, -0.2) is 4.98 Å². The molecule has 0 spiro atoms. The van der Waals surface area contributed by atoms with Crippen molar-refractivity contribution >= 4 is 27.0 Å². The van der Waals surface area contributed by atoms with Gasteiger partial charge in [0, 0.05) is 11.9 Å². The summed E-state index contributed by atoms with van der Waals surface area (Å²) >= 11 is 3.69. The number of alkyl halides is 1. The fourth-order valence-electron chi connectivity index (χ4n) is 2.81. The lowest BCUT2D eigenvalue weighted by atomic mass is 9.70. The Morgan fingerprint density at radius 3 is 2.61 bits per heavy atom. The van der Waals surface area contributed by atoms with Crippen molar-refractivity contribution in [3.63, 3.8) is 0 Å². The highest BCUT2D eigenvalue weighted by molar-refractivity contribution is 9.09. The minimum absolute atomic E-state index is 0.465. The SMILES string of the molecule is Cc1cc2ncn(CC3(CBr)CCC3)c2cc1C. The molecule has 18 heavy (non-hydrogen) atoms. The fourth-order valence-corrected chi connectivity index (χ4v) is 3.55. The monoisotopic (exact) mass is 306 g/mol. The minimum atomic E-state index is 0.465. The van der Waals surface area contributed by atoms with Crippen LogP contribution in [0.2, 0.25) is 0 Å². The van der Waals surface area contributed by atoms with Crippen LogP contribution >= 0.6 is 15.9 Å². The topological polar surface area (TPSA) is 17.8 Å². The summed E-state index contributed by atoms with van der Waals surface area (Å²) in [4.78, 5) is 4.55. The molecule has 0 atom stereocenters. The molecule has 3 heteroatoms. The quantitative estimate of drug-likeness (QED) is 0.776. The van der Waals surface area contributed by atoms with Crippen LogP contribution in [0.1, 0.15) is 30.4 Å². The molecule has 3 rings (SSSR count). The normalized spacial score (nSPS) is 17.9. The van der Waals surface area contributed by atoms with Crippen molar-refractivity contribution in [2.45, 2.75) is 39.7 Å². The van der Waals surface area contributed by atoms with Crippen LogP contribution in [-0.4, -0.2) is 14.9 Å². The van der Waals surface area contributed by atoms with Crippen molar-refractivity contribution in [1.82, 2.24) is 9.55 Å². The molecule has 0 amide bonds. The summed E-state index contributed by atoms with van der Waals surface area (Å²) in [6.45, 7) is 5.42. The fraction of sp³-hybridized carbons (Fsp3) is 0.533. The Morgan fingerprint density at radius 1 is 1.28 bits per heavy atom. The molecule has 1 aromatic carbocycles. The molecule has 1 aromatic heterocycles. The zero-order chi connectivity index (χ0) is 12.8. The maximum Gasteiger partial charge on any atom is 0.0958 e. The Labute approximate surface area is 117 Å². The van der Waals surface area contributed by atoms with E-state index >= 15 is 0 Å². The third-order valence-corrected chi connectivity index (χ3v) is 5.63. The number of aryl methyl sites for hydroxylation is 2. The molecular weight excluding hydrogens is 288 g/mol. The van der Waals surface area contributed by atoms with Crippen LogP contribution in [0.5, 0.6) is 0 Å². The molecule has 2 aromatic rings. The average molecular weight is 307 g/mol. The number of fused-ring (bicyclic) bond motifs is 1. The Balaban J connectivity index is 2.00. The van der Waals surface area contributed by atoms with E-state index in [0.29, 0.717) is 5.41 Å². The first-order chi connectivity index (χ1) is 8.63. The highest BCUT2D eigenvalue weighted by Gasteiger charge is 2.36. The second-order valence-corrected chi connectivity index (χ2v) is 6.35. The number of nitrogens with zero attached hydrogens (tertiary/aromatic N) is 2. The standard InChI is InChI=1S/C15H19BrN2/c1-11-6-13-14(7-12(11)2)18(10-17-13)9-15(8-16)4-3-5-15/h6-7,10H,3-5,8-9H2,1-2H3. The van der Waals surface area contributed by atoms with Gasteiger partial charge in [0.1, 0.15) is 0 Å². The van der Waals surface area contributed by atoms with Crippen molar-refractivity contribution in [3.05, 3.63) is 29.6 Å². The highest BCUT2D eigenvalue weighted by atomic mass is 79.9. The van der Waals surface area contributed by atoms with Crippen molar-refractivity contribution in [2.24, 2.45) is 5.41 Å². The molecule has 0 radical (unpaired) electrons. The third-order valence-electron chi connectivity index (χ3n) is 4.44. The van der Waals surface area contributed by atoms with Gasteiger partial charge in [-0.3, -0.25) is 0 Å². The summed E-state index contributed by atoms with van der Waals surface area (Å²) < 4.78 is 2.34. The Bertz CT molecular complexity index is 576. The number of hydrogen-bond acceptors (Lipinski definition) is 1. The summed E-state index contributed by atoms with van der Waals surface area (Å²) in [6.07, 6.45) is 6.05. The van der Waals surface area contributed by atoms with Crippen LogP contribution in [0.15, 0.2) is 18.5 Å². The summed E-state index contributed by atoms with van der Waals surface area (Å²) in [6, 6.07) is 4.47. The molecule has 0 saturated heterocycles. The summed E-state index contributed by atoms with van der Waals surface area (Å²) in [5.41, 5.74) is 5.55. The van der Waals surface area contributed by atoms with E-state index in [1.54, 1.807) is 0 Å². The van der Waals surface area contributed by atoms with Gasteiger partial charge in [-0.1, -0.05) is 22.4 Å². The predicted octanol–water partition coefficient (Wildman–Crippen LogP) is 4.22. The van der Waals surface area contributed by atoms with E-state index in [9.17, 15) is 0 Å². The van der Waals surface area contributed by atoms with Crippen LogP contribution < -0.4 is 0 Å². The first kappa shape index (κ1) is 12.2. The number of halogens is 1. The van der Waals surface area contributed by atoms with E-state index in [4.69, 9.17) is 0 Å². The van der Waals surface area contributed by atoms with Crippen molar-refractivity contribution < 1.29 is 0 Å².